The molecule has 2 rings (SSSR count). The molecule has 2 N–H and O–H groups in total. The Balaban J connectivity index is 2.05. The second-order valence-electron chi connectivity index (χ2n) is 5.38. The summed E-state index contributed by atoms with van der Waals surface area (Å²) in [6.45, 7) is 1.62. The Labute approximate surface area is 125 Å². The minimum atomic E-state index is -0.506. The number of halogens is 1. The smallest absolute Gasteiger partial charge is 0.0947 e. The van der Waals surface area contributed by atoms with Gasteiger partial charge in [-0.1, -0.05) is 17.7 Å². The average molecular weight is 299 g/mol. The van der Waals surface area contributed by atoms with Crippen molar-refractivity contribution in [3.05, 3.63) is 28.8 Å². The van der Waals surface area contributed by atoms with Gasteiger partial charge in [-0.15, -0.1) is 0 Å². The third kappa shape index (κ3) is 4.35. The molecule has 1 aromatic rings. The van der Waals surface area contributed by atoms with Crippen LogP contribution in [0.2, 0.25) is 5.02 Å². The zero-order chi connectivity index (χ0) is 14.5. The highest BCUT2D eigenvalue weighted by molar-refractivity contribution is 6.31. The normalized spacial score (nSPS) is 16.2. The highest BCUT2D eigenvalue weighted by atomic mass is 35.5. The summed E-state index contributed by atoms with van der Waals surface area (Å²) in [5, 5.41) is 14.1. The lowest BCUT2D eigenvalue weighted by Gasteiger charge is -2.25. The molecule has 1 aliphatic rings. The lowest BCUT2D eigenvalue weighted by Crippen LogP contribution is -2.33. The molecule has 0 bridgehead atoms. The number of aliphatic hydroxyl groups is 1. The van der Waals surface area contributed by atoms with Gasteiger partial charge in [0.15, 0.2) is 0 Å². The summed E-state index contributed by atoms with van der Waals surface area (Å²) in [7, 11) is 3.55. The number of methoxy groups -OCH3 is 1. The van der Waals surface area contributed by atoms with Crippen LogP contribution >= 0.6 is 11.6 Å². The van der Waals surface area contributed by atoms with E-state index >= 15 is 0 Å². The van der Waals surface area contributed by atoms with Crippen LogP contribution in [0.5, 0.6) is 0 Å². The first-order valence-electron chi connectivity index (χ1n) is 7.00. The minimum Gasteiger partial charge on any atom is -0.389 e. The molecule has 0 amide bonds. The number of likely N-dealkylation sites (N-methyl/N-ethyl adjacent to an activating group) is 1. The van der Waals surface area contributed by atoms with E-state index in [0.717, 1.165) is 22.8 Å². The lowest BCUT2D eigenvalue weighted by atomic mass is 10.1. The zero-order valence-corrected chi connectivity index (χ0v) is 12.9. The summed E-state index contributed by atoms with van der Waals surface area (Å²) in [5.74, 6) is 0. The van der Waals surface area contributed by atoms with E-state index in [1.165, 1.54) is 12.8 Å². The van der Waals surface area contributed by atoms with Crippen molar-refractivity contribution < 1.29 is 9.84 Å². The average Bonchev–Trinajstić information content (AvgIpc) is 3.21. The summed E-state index contributed by atoms with van der Waals surface area (Å²) in [5.41, 5.74) is 2.15. The van der Waals surface area contributed by atoms with Crippen molar-refractivity contribution in [2.75, 3.05) is 32.2 Å². The van der Waals surface area contributed by atoms with Crippen LogP contribution in [0.3, 0.4) is 0 Å². The molecular formula is C15H23ClN2O2. The molecule has 20 heavy (non-hydrogen) atoms. The van der Waals surface area contributed by atoms with Crippen molar-refractivity contribution in [3.8, 4) is 0 Å². The molecule has 0 aliphatic heterocycles. The minimum absolute atomic E-state index is 0.334. The summed E-state index contributed by atoms with van der Waals surface area (Å²) in [6, 6.07) is 6.53. The van der Waals surface area contributed by atoms with E-state index in [0.29, 0.717) is 19.2 Å². The van der Waals surface area contributed by atoms with Crippen molar-refractivity contribution in [1.82, 2.24) is 5.32 Å². The standard InChI is InChI=1S/C15H23ClN2O2/c1-18(9-12(19)10-20-2)15-5-3-4-14(16)13(15)8-17-11-6-7-11/h3-5,11-12,17,19H,6-10H2,1-2H3. The maximum atomic E-state index is 9.85. The molecule has 0 saturated heterocycles. The van der Waals surface area contributed by atoms with Crippen LogP contribution in [0.4, 0.5) is 5.69 Å². The number of nitrogens with one attached hydrogen (secondary N) is 1. The van der Waals surface area contributed by atoms with Crippen molar-refractivity contribution in [2.24, 2.45) is 0 Å². The van der Waals surface area contributed by atoms with Gasteiger partial charge < -0.3 is 20.1 Å². The summed E-state index contributed by atoms with van der Waals surface area (Å²) < 4.78 is 4.97. The fraction of sp³-hybridized carbons (Fsp3) is 0.600. The number of anilines is 1. The van der Waals surface area contributed by atoms with Crippen LogP contribution in [-0.2, 0) is 11.3 Å². The molecule has 0 radical (unpaired) electrons. The number of rotatable bonds is 8. The van der Waals surface area contributed by atoms with Crippen LogP contribution < -0.4 is 10.2 Å². The molecule has 1 fully saturated rings. The third-order valence-corrected chi connectivity index (χ3v) is 3.85. The molecule has 112 valence electrons. The molecule has 1 atom stereocenters. The Morgan fingerprint density at radius 1 is 1.50 bits per heavy atom. The lowest BCUT2D eigenvalue weighted by molar-refractivity contribution is 0.0695. The van der Waals surface area contributed by atoms with Crippen LogP contribution in [0.15, 0.2) is 18.2 Å². The maximum absolute atomic E-state index is 9.85. The van der Waals surface area contributed by atoms with Crippen molar-refractivity contribution >= 4 is 17.3 Å². The Morgan fingerprint density at radius 3 is 2.90 bits per heavy atom. The number of hydrogen-bond acceptors (Lipinski definition) is 4. The molecule has 0 spiro atoms. The van der Waals surface area contributed by atoms with Crippen molar-refractivity contribution in [1.29, 1.82) is 0 Å². The van der Waals surface area contributed by atoms with E-state index in [1.807, 2.05) is 30.1 Å². The van der Waals surface area contributed by atoms with Gasteiger partial charge in [0.05, 0.1) is 12.7 Å². The van der Waals surface area contributed by atoms with Gasteiger partial charge in [0.1, 0.15) is 0 Å². The number of nitrogens with zero attached hydrogens (tertiary/aromatic N) is 1. The highest BCUT2D eigenvalue weighted by Gasteiger charge is 2.22. The molecule has 5 heteroatoms. The molecule has 1 aromatic carbocycles. The molecule has 1 aliphatic carbocycles. The van der Waals surface area contributed by atoms with Gasteiger partial charge in [0.25, 0.3) is 0 Å². The molecule has 0 heterocycles. The van der Waals surface area contributed by atoms with Crippen molar-refractivity contribution in [3.63, 3.8) is 0 Å². The van der Waals surface area contributed by atoms with E-state index in [2.05, 4.69) is 5.32 Å². The first kappa shape index (κ1) is 15.6. The van der Waals surface area contributed by atoms with Gasteiger partial charge in [-0.05, 0) is 25.0 Å². The maximum Gasteiger partial charge on any atom is 0.0947 e. The monoisotopic (exact) mass is 298 g/mol. The summed E-state index contributed by atoms with van der Waals surface area (Å²) >= 11 is 6.32. The second kappa shape index (κ2) is 7.27. The quantitative estimate of drug-likeness (QED) is 0.771. The Kier molecular flexibility index (Phi) is 5.66. The largest absolute Gasteiger partial charge is 0.389 e. The molecule has 0 aromatic heterocycles. The number of benzene rings is 1. The molecule has 1 unspecified atom stereocenters. The number of aliphatic hydroxyl groups excluding tert-OH is 1. The molecule has 1 saturated carbocycles. The van der Waals surface area contributed by atoms with Crippen molar-refractivity contribution in [2.45, 2.75) is 31.5 Å². The van der Waals surface area contributed by atoms with Gasteiger partial charge in [0, 0.05) is 49.6 Å². The second-order valence-corrected chi connectivity index (χ2v) is 5.79. The number of hydrogen-bond donors (Lipinski definition) is 2. The van der Waals surface area contributed by atoms with E-state index in [9.17, 15) is 5.11 Å². The Bertz CT molecular complexity index is 438. The fourth-order valence-electron chi connectivity index (χ4n) is 2.27. The fourth-order valence-corrected chi connectivity index (χ4v) is 2.51. The zero-order valence-electron chi connectivity index (χ0n) is 12.1. The van der Waals surface area contributed by atoms with Crippen LogP contribution in [-0.4, -0.2) is 44.6 Å². The summed E-state index contributed by atoms with van der Waals surface area (Å²) in [6.07, 6.45) is 2.00. The Morgan fingerprint density at radius 2 is 2.25 bits per heavy atom. The SMILES string of the molecule is COCC(O)CN(C)c1cccc(Cl)c1CNC1CC1. The third-order valence-electron chi connectivity index (χ3n) is 3.49. The van der Waals surface area contributed by atoms with Crippen LogP contribution in [0.25, 0.3) is 0 Å². The first-order chi connectivity index (χ1) is 9.61. The van der Waals surface area contributed by atoms with Gasteiger partial charge >= 0.3 is 0 Å². The number of ether oxygens (including phenoxy) is 1. The first-order valence-corrected chi connectivity index (χ1v) is 7.38. The van der Waals surface area contributed by atoms with E-state index in [4.69, 9.17) is 16.3 Å². The highest BCUT2D eigenvalue weighted by Crippen LogP contribution is 2.28. The van der Waals surface area contributed by atoms with Crippen LogP contribution in [0.1, 0.15) is 18.4 Å². The molecular weight excluding hydrogens is 276 g/mol. The van der Waals surface area contributed by atoms with Crippen LogP contribution in [0, 0.1) is 0 Å². The Hall–Kier alpha value is -0.810. The predicted octanol–water partition coefficient (Wildman–Crippen LogP) is 2.04. The predicted molar refractivity (Wildman–Crippen MR) is 82.5 cm³/mol. The topological polar surface area (TPSA) is 44.7 Å². The summed E-state index contributed by atoms with van der Waals surface area (Å²) in [4.78, 5) is 2.03. The van der Waals surface area contributed by atoms with Gasteiger partial charge in [-0.2, -0.15) is 0 Å². The van der Waals surface area contributed by atoms with Gasteiger partial charge in [-0.3, -0.25) is 0 Å². The van der Waals surface area contributed by atoms with E-state index in [-0.39, 0.29) is 0 Å². The van der Waals surface area contributed by atoms with E-state index in [1.54, 1.807) is 7.11 Å². The van der Waals surface area contributed by atoms with Gasteiger partial charge in [-0.25, -0.2) is 0 Å². The molecule has 4 nitrogen and oxygen atoms in total. The van der Waals surface area contributed by atoms with E-state index < -0.39 is 6.10 Å². The van der Waals surface area contributed by atoms with Gasteiger partial charge in [0.2, 0.25) is 0 Å².